The zero-order valence-electron chi connectivity index (χ0n) is 11.7. The lowest BCUT2D eigenvalue weighted by atomic mass is 9.90. The number of hydrogen-bond acceptors (Lipinski definition) is 3. The molecule has 0 fully saturated rings. The van der Waals surface area contributed by atoms with E-state index in [2.05, 4.69) is 15.9 Å². The quantitative estimate of drug-likeness (QED) is 0.869. The van der Waals surface area contributed by atoms with Crippen molar-refractivity contribution in [1.82, 2.24) is 0 Å². The Kier molecular flexibility index (Phi) is 5.38. The highest BCUT2D eigenvalue weighted by atomic mass is 79.9. The molecule has 1 aromatic rings. The van der Waals surface area contributed by atoms with Crippen LogP contribution in [0.5, 0.6) is 5.75 Å². The highest BCUT2D eigenvalue weighted by Crippen LogP contribution is 2.39. The maximum Gasteiger partial charge on any atom is 0.303 e. The van der Waals surface area contributed by atoms with Crippen LogP contribution in [0.4, 0.5) is 0 Å². The molecule has 5 heteroatoms. The molecule has 0 radical (unpaired) electrons. The van der Waals surface area contributed by atoms with Crippen LogP contribution in [0.15, 0.2) is 4.47 Å². The first-order valence-corrected chi connectivity index (χ1v) is 6.91. The number of aliphatic carboxylic acids is 1. The van der Waals surface area contributed by atoms with Crippen molar-refractivity contribution in [3.05, 3.63) is 26.7 Å². The summed E-state index contributed by atoms with van der Waals surface area (Å²) in [5.41, 5.74) is 10.3. The van der Waals surface area contributed by atoms with Crippen LogP contribution in [0.3, 0.4) is 0 Å². The predicted octanol–water partition coefficient (Wildman–Crippen LogP) is 3.25. The SMILES string of the molecule is COc1c(C)c(C)c(C(N)CCC(=O)O)c(C)c1Br. The van der Waals surface area contributed by atoms with E-state index in [0.29, 0.717) is 6.42 Å². The first kappa shape index (κ1) is 16.0. The average Bonchev–Trinajstić information content (AvgIpc) is 2.35. The fourth-order valence-electron chi connectivity index (χ4n) is 2.33. The van der Waals surface area contributed by atoms with Crippen molar-refractivity contribution >= 4 is 21.9 Å². The molecule has 4 nitrogen and oxygen atoms in total. The number of methoxy groups -OCH3 is 1. The molecule has 0 saturated carbocycles. The van der Waals surface area contributed by atoms with Gasteiger partial charge >= 0.3 is 5.97 Å². The number of hydrogen-bond donors (Lipinski definition) is 2. The van der Waals surface area contributed by atoms with E-state index >= 15 is 0 Å². The van der Waals surface area contributed by atoms with E-state index < -0.39 is 5.97 Å². The van der Waals surface area contributed by atoms with E-state index in [-0.39, 0.29) is 12.5 Å². The minimum atomic E-state index is -0.824. The maximum atomic E-state index is 10.7. The van der Waals surface area contributed by atoms with Crippen LogP contribution in [-0.2, 0) is 4.79 Å². The number of carbonyl (C=O) groups is 1. The highest BCUT2D eigenvalue weighted by Gasteiger charge is 2.20. The minimum Gasteiger partial charge on any atom is -0.495 e. The van der Waals surface area contributed by atoms with E-state index in [0.717, 1.165) is 32.5 Å². The van der Waals surface area contributed by atoms with Gasteiger partial charge in [0, 0.05) is 12.5 Å². The summed E-state index contributed by atoms with van der Waals surface area (Å²) in [7, 11) is 1.63. The lowest BCUT2D eigenvalue weighted by Gasteiger charge is -2.22. The van der Waals surface area contributed by atoms with Crippen LogP contribution < -0.4 is 10.5 Å². The Balaban J connectivity index is 3.25. The molecule has 0 bridgehead atoms. The van der Waals surface area contributed by atoms with Gasteiger partial charge in [-0.3, -0.25) is 4.79 Å². The third kappa shape index (κ3) is 3.28. The molecule has 0 saturated heterocycles. The Labute approximate surface area is 122 Å². The van der Waals surface area contributed by atoms with Crippen molar-refractivity contribution < 1.29 is 14.6 Å². The topological polar surface area (TPSA) is 72.5 Å². The molecule has 0 amide bonds. The number of carboxylic acids is 1. The molecular formula is C14H20BrNO3. The van der Waals surface area contributed by atoms with Gasteiger partial charge in [0.2, 0.25) is 0 Å². The van der Waals surface area contributed by atoms with Crippen molar-refractivity contribution in [2.24, 2.45) is 5.73 Å². The molecule has 1 unspecified atom stereocenters. The van der Waals surface area contributed by atoms with E-state index in [4.69, 9.17) is 15.6 Å². The van der Waals surface area contributed by atoms with Gasteiger partial charge in [0.15, 0.2) is 0 Å². The van der Waals surface area contributed by atoms with E-state index in [1.54, 1.807) is 7.11 Å². The van der Waals surface area contributed by atoms with Crippen molar-refractivity contribution in [1.29, 1.82) is 0 Å². The van der Waals surface area contributed by atoms with Crippen LogP contribution in [-0.4, -0.2) is 18.2 Å². The standard InChI is InChI=1S/C14H20BrNO3/c1-7-8(2)14(19-4)13(15)9(3)12(7)10(16)5-6-11(17)18/h10H,5-6,16H2,1-4H3,(H,17,18). The molecule has 0 aliphatic heterocycles. The first-order valence-electron chi connectivity index (χ1n) is 6.11. The Morgan fingerprint density at radius 1 is 1.32 bits per heavy atom. The summed E-state index contributed by atoms with van der Waals surface area (Å²) in [5, 5.41) is 8.75. The third-order valence-corrected chi connectivity index (χ3v) is 4.44. The lowest BCUT2D eigenvalue weighted by Crippen LogP contribution is -2.16. The Bertz CT molecular complexity index is 471. The summed E-state index contributed by atoms with van der Waals surface area (Å²) in [6.45, 7) is 5.94. The fourth-order valence-corrected chi connectivity index (χ4v) is 3.00. The Hall–Kier alpha value is -1.07. The number of rotatable bonds is 5. The Morgan fingerprint density at radius 2 is 1.89 bits per heavy atom. The van der Waals surface area contributed by atoms with Crippen molar-refractivity contribution in [3.63, 3.8) is 0 Å². The van der Waals surface area contributed by atoms with Gasteiger partial charge in [0.25, 0.3) is 0 Å². The molecule has 3 N–H and O–H groups in total. The van der Waals surface area contributed by atoms with Gasteiger partial charge in [-0.1, -0.05) is 0 Å². The third-order valence-electron chi connectivity index (χ3n) is 3.48. The largest absolute Gasteiger partial charge is 0.495 e. The number of benzene rings is 1. The van der Waals surface area contributed by atoms with E-state index in [9.17, 15) is 4.79 Å². The molecular weight excluding hydrogens is 310 g/mol. The minimum absolute atomic E-state index is 0.0722. The summed E-state index contributed by atoms with van der Waals surface area (Å²) in [6.07, 6.45) is 0.498. The number of carboxylic acid groups (broad SMARTS) is 1. The number of ether oxygens (including phenoxy) is 1. The maximum absolute atomic E-state index is 10.7. The molecule has 0 spiro atoms. The van der Waals surface area contributed by atoms with E-state index in [1.807, 2.05) is 20.8 Å². The van der Waals surface area contributed by atoms with Gasteiger partial charge in [0.1, 0.15) is 5.75 Å². The zero-order chi connectivity index (χ0) is 14.7. The molecule has 0 aromatic heterocycles. The normalized spacial score (nSPS) is 12.3. The first-order chi connectivity index (χ1) is 8.81. The summed E-state index contributed by atoms with van der Waals surface area (Å²) < 4.78 is 6.28. The van der Waals surface area contributed by atoms with E-state index in [1.165, 1.54) is 0 Å². The van der Waals surface area contributed by atoms with Crippen LogP contribution in [0.2, 0.25) is 0 Å². The van der Waals surface area contributed by atoms with Gasteiger partial charge in [-0.25, -0.2) is 0 Å². The van der Waals surface area contributed by atoms with Crippen molar-refractivity contribution in [2.45, 2.75) is 39.7 Å². The number of nitrogens with two attached hydrogens (primary N) is 1. The second kappa shape index (κ2) is 6.39. The fraction of sp³-hybridized carbons (Fsp3) is 0.500. The second-order valence-corrected chi connectivity index (χ2v) is 5.47. The lowest BCUT2D eigenvalue weighted by molar-refractivity contribution is -0.137. The van der Waals surface area contributed by atoms with Crippen LogP contribution in [0, 0.1) is 20.8 Å². The summed E-state index contributed by atoms with van der Waals surface area (Å²) in [5.74, 6) is -0.0146. The van der Waals surface area contributed by atoms with Gasteiger partial charge < -0.3 is 15.6 Å². The smallest absolute Gasteiger partial charge is 0.303 e. The molecule has 1 atom stereocenters. The molecule has 1 aromatic carbocycles. The summed E-state index contributed by atoms with van der Waals surface area (Å²) >= 11 is 3.53. The predicted molar refractivity (Wildman–Crippen MR) is 78.7 cm³/mol. The molecule has 19 heavy (non-hydrogen) atoms. The molecule has 106 valence electrons. The van der Waals surface area contributed by atoms with Crippen LogP contribution in [0.1, 0.15) is 41.1 Å². The van der Waals surface area contributed by atoms with Gasteiger partial charge in [-0.05, 0) is 65.4 Å². The monoisotopic (exact) mass is 329 g/mol. The van der Waals surface area contributed by atoms with Gasteiger partial charge in [-0.2, -0.15) is 0 Å². The highest BCUT2D eigenvalue weighted by molar-refractivity contribution is 9.10. The van der Waals surface area contributed by atoms with Crippen LogP contribution in [0.25, 0.3) is 0 Å². The summed E-state index contributed by atoms with van der Waals surface area (Å²) in [6, 6.07) is -0.281. The number of halogens is 1. The molecule has 0 heterocycles. The Morgan fingerprint density at radius 3 is 2.37 bits per heavy atom. The molecule has 1 rings (SSSR count). The van der Waals surface area contributed by atoms with Gasteiger partial charge in [-0.15, -0.1) is 0 Å². The molecule has 0 aliphatic rings. The van der Waals surface area contributed by atoms with Crippen LogP contribution >= 0.6 is 15.9 Å². The molecule has 0 aliphatic carbocycles. The second-order valence-electron chi connectivity index (χ2n) is 4.67. The summed E-state index contributed by atoms with van der Waals surface area (Å²) in [4.78, 5) is 10.7. The van der Waals surface area contributed by atoms with Gasteiger partial charge in [0.05, 0.1) is 11.6 Å². The average molecular weight is 330 g/mol. The van der Waals surface area contributed by atoms with Crippen molar-refractivity contribution in [2.75, 3.05) is 7.11 Å². The zero-order valence-corrected chi connectivity index (χ0v) is 13.3. The van der Waals surface area contributed by atoms with Crippen molar-refractivity contribution in [3.8, 4) is 5.75 Å².